The molecule has 0 aromatic rings. The number of thiol groups is 2. The number of aliphatic carboxylic acids is 1. The third-order valence-corrected chi connectivity index (χ3v) is 4.22. The molecule has 0 spiro atoms. The Morgan fingerprint density at radius 1 is 0.857 bits per heavy atom. The molecule has 0 saturated heterocycles. The SMILES string of the molecule is NC(=O)CCC(NC(=O)C(CS)NC(=O)C(CO)NC(=O)C(N)CS)C(=O)O. The first-order valence-corrected chi connectivity index (χ1v) is 9.34. The topological polar surface area (TPSA) is 214 Å². The van der Waals surface area contributed by atoms with Crippen LogP contribution in [0.15, 0.2) is 0 Å². The zero-order chi connectivity index (χ0) is 21.9. The van der Waals surface area contributed by atoms with E-state index >= 15 is 0 Å². The van der Waals surface area contributed by atoms with Crippen molar-refractivity contribution in [2.24, 2.45) is 11.5 Å². The minimum Gasteiger partial charge on any atom is -0.480 e. The molecule has 0 heterocycles. The van der Waals surface area contributed by atoms with Gasteiger partial charge in [-0.3, -0.25) is 19.2 Å². The summed E-state index contributed by atoms with van der Waals surface area (Å²) in [5, 5.41) is 25.0. The number of nitrogens with one attached hydrogen (secondary N) is 3. The van der Waals surface area contributed by atoms with Crippen LogP contribution in [0.2, 0.25) is 0 Å². The van der Waals surface area contributed by atoms with Gasteiger partial charge in [-0.05, 0) is 6.42 Å². The number of aliphatic hydroxyl groups is 1. The molecule has 12 nitrogen and oxygen atoms in total. The number of rotatable bonds is 13. The predicted octanol–water partition coefficient (Wildman–Crippen LogP) is -4.03. The zero-order valence-corrected chi connectivity index (χ0v) is 16.6. The van der Waals surface area contributed by atoms with Crippen LogP contribution in [0.5, 0.6) is 0 Å². The fourth-order valence-corrected chi connectivity index (χ4v) is 2.26. The summed E-state index contributed by atoms with van der Waals surface area (Å²) in [4.78, 5) is 58.1. The van der Waals surface area contributed by atoms with Gasteiger partial charge < -0.3 is 37.6 Å². The number of carboxylic acid groups (broad SMARTS) is 1. The zero-order valence-electron chi connectivity index (χ0n) is 14.8. The van der Waals surface area contributed by atoms with Crippen LogP contribution in [0.25, 0.3) is 0 Å². The minimum atomic E-state index is -1.40. The van der Waals surface area contributed by atoms with Crippen molar-refractivity contribution in [3.05, 3.63) is 0 Å². The van der Waals surface area contributed by atoms with Gasteiger partial charge in [0.05, 0.1) is 12.6 Å². The van der Waals surface area contributed by atoms with E-state index in [0.29, 0.717) is 0 Å². The van der Waals surface area contributed by atoms with Gasteiger partial charge in [0.25, 0.3) is 0 Å². The highest BCUT2D eigenvalue weighted by molar-refractivity contribution is 7.80. The Morgan fingerprint density at radius 2 is 1.36 bits per heavy atom. The summed E-state index contributed by atoms with van der Waals surface area (Å²) < 4.78 is 0. The first-order chi connectivity index (χ1) is 13.1. The van der Waals surface area contributed by atoms with Gasteiger partial charge >= 0.3 is 5.97 Å². The number of carboxylic acids is 1. The fraction of sp³-hybridized carbons (Fsp3) is 0.643. The number of primary amides is 1. The highest BCUT2D eigenvalue weighted by Crippen LogP contribution is 2.00. The molecule has 0 aliphatic heterocycles. The lowest BCUT2D eigenvalue weighted by atomic mass is 10.1. The number of carbonyl (C=O) groups excluding carboxylic acids is 4. The van der Waals surface area contributed by atoms with Crippen LogP contribution in [0.1, 0.15) is 12.8 Å². The lowest BCUT2D eigenvalue weighted by Crippen LogP contribution is -2.58. The largest absolute Gasteiger partial charge is 0.480 e. The van der Waals surface area contributed by atoms with Gasteiger partial charge in [-0.2, -0.15) is 25.3 Å². The van der Waals surface area contributed by atoms with E-state index in [0.717, 1.165) is 0 Å². The van der Waals surface area contributed by atoms with Crippen LogP contribution in [-0.4, -0.2) is 82.1 Å². The van der Waals surface area contributed by atoms with E-state index in [1.54, 1.807) is 0 Å². The van der Waals surface area contributed by atoms with Crippen LogP contribution < -0.4 is 27.4 Å². The summed E-state index contributed by atoms with van der Waals surface area (Å²) in [7, 11) is 0. The average Bonchev–Trinajstić information content (AvgIpc) is 2.65. The van der Waals surface area contributed by atoms with Crippen molar-refractivity contribution in [2.45, 2.75) is 37.0 Å². The maximum absolute atomic E-state index is 12.2. The third-order valence-electron chi connectivity index (χ3n) is 3.46. The summed E-state index contributed by atoms with van der Waals surface area (Å²) in [6.07, 6.45) is -0.500. The third kappa shape index (κ3) is 9.25. The van der Waals surface area contributed by atoms with Gasteiger partial charge in [0, 0.05) is 17.9 Å². The molecule has 28 heavy (non-hydrogen) atoms. The highest BCUT2D eigenvalue weighted by atomic mass is 32.1. The number of carbonyl (C=O) groups is 5. The minimum absolute atomic E-state index is 0.00908. The lowest BCUT2D eigenvalue weighted by Gasteiger charge is -2.23. The van der Waals surface area contributed by atoms with Gasteiger partial charge in [-0.1, -0.05) is 0 Å². The van der Waals surface area contributed by atoms with Crippen molar-refractivity contribution in [3.63, 3.8) is 0 Å². The van der Waals surface area contributed by atoms with Gasteiger partial charge in [-0.15, -0.1) is 0 Å². The maximum atomic E-state index is 12.2. The Hall–Kier alpha value is -2.03. The number of hydrogen-bond acceptors (Lipinski definition) is 9. The highest BCUT2D eigenvalue weighted by Gasteiger charge is 2.29. The summed E-state index contributed by atoms with van der Waals surface area (Å²) >= 11 is 7.77. The van der Waals surface area contributed by atoms with E-state index in [1.807, 2.05) is 0 Å². The summed E-state index contributed by atoms with van der Waals surface area (Å²) in [6, 6.07) is -5.06. The van der Waals surface area contributed by atoms with E-state index in [1.165, 1.54) is 0 Å². The average molecular weight is 440 g/mol. The lowest BCUT2D eigenvalue weighted by molar-refractivity contribution is -0.142. The molecule has 0 radical (unpaired) electrons. The molecule has 9 N–H and O–H groups in total. The van der Waals surface area contributed by atoms with Crippen LogP contribution in [-0.2, 0) is 24.0 Å². The predicted molar refractivity (Wildman–Crippen MR) is 105 cm³/mol. The van der Waals surface area contributed by atoms with Crippen LogP contribution >= 0.6 is 25.3 Å². The van der Waals surface area contributed by atoms with Gasteiger partial charge in [0.1, 0.15) is 18.1 Å². The molecule has 0 rings (SSSR count). The van der Waals surface area contributed by atoms with Crippen LogP contribution in [0.3, 0.4) is 0 Å². The number of aliphatic hydroxyl groups excluding tert-OH is 1. The van der Waals surface area contributed by atoms with Crippen molar-refractivity contribution in [1.82, 2.24) is 16.0 Å². The van der Waals surface area contributed by atoms with Crippen LogP contribution in [0, 0.1) is 0 Å². The Kier molecular flexibility index (Phi) is 12.2. The van der Waals surface area contributed by atoms with Gasteiger partial charge in [-0.25, -0.2) is 4.79 Å². The van der Waals surface area contributed by atoms with Crippen molar-refractivity contribution >= 4 is 54.9 Å². The molecule has 14 heteroatoms. The molecule has 4 unspecified atom stereocenters. The number of hydrogen-bond donors (Lipinski definition) is 9. The van der Waals surface area contributed by atoms with E-state index in [2.05, 4.69) is 41.2 Å². The van der Waals surface area contributed by atoms with E-state index in [4.69, 9.17) is 16.6 Å². The smallest absolute Gasteiger partial charge is 0.326 e. The molecule has 0 bridgehead atoms. The Morgan fingerprint density at radius 3 is 1.79 bits per heavy atom. The van der Waals surface area contributed by atoms with Crippen molar-refractivity contribution < 1.29 is 34.2 Å². The Bertz CT molecular complexity index is 592. The molecule has 160 valence electrons. The molecular weight excluding hydrogens is 414 g/mol. The van der Waals surface area contributed by atoms with Crippen molar-refractivity contribution in [3.8, 4) is 0 Å². The van der Waals surface area contributed by atoms with Crippen molar-refractivity contribution in [1.29, 1.82) is 0 Å². The maximum Gasteiger partial charge on any atom is 0.326 e. The molecule has 0 aromatic heterocycles. The molecule has 4 atom stereocenters. The molecule has 0 aliphatic rings. The normalized spacial score (nSPS) is 14.9. The van der Waals surface area contributed by atoms with Gasteiger partial charge in [0.2, 0.25) is 23.6 Å². The van der Waals surface area contributed by atoms with Gasteiger partial charge in [0.15, 0.2) is 0 Å². The quantitative estimate of drug-likeness (QED) is 0.128. The van der Waals surface area contributed by atoms with E-state index in [-0.39, 0.29) is 24.3 Å². The van der Waals surface area contributed by atoms with E-state index in [9.17, 15) is 29.1 Å². The molecular formula is C14H25N5O7S2. The summed E-state index contributed by atoms with van der Waals surface area (Å²) in [5.74, 6) is -4.83. The fourth-order valence-electron chi connectivity index (χ4n) is 1.84. The second-order valence-electron chi connectivity index (χ2n) is 5.68. The summed E-state index contributed by atoms with van der Waals surface area (Å²) in [5.41, 5.74) is 10.4. The van der Waals surface area contributed by atoms with Crippen molar-refractivity contribution in [2.75, 3.05) is 18.1 Å². The first kappa shape index (κ1) is 26.0. The molecule has 0 aromatic carbocycles. The van der Waals surface area contributed by atoms with Crippen LogP contribution in [0.4, 0.5) is 0 Å². The number of amides is 4. The molecule has 4 amide bonds. The molecule has 0 aliphatic carbocycles. The molecule has 0 fully saturated rings. The second kappa shape index (κ2) is 13.2. The standard InChI is InChI=1S/C14H25N5O7S2/c15-6(4-27)11(22)18-8(3-20)12(23)19-9(5-28)13(24)17-7(14(25)26)1-2-10(16)21/h6-9,20,27-28H,1-5,15H2,(H2,16,21)(H,17,24)(H,18,22)(H,19,23)(H,25,26). The molecule has 0 saturated carbocycles. The first-order valence-electron chi connectivity index (χ1n) is 8.07. The van der Waals surface area contributed by atoms with E-state index < -0.39 is 60.4 Å². The summed E-state index contributed by atoms with van der Waals surface area (Å²) in [6.45, 7) is -0.770. The Balaban J connectivity index is 4.96. The second-order valence-corrected chi connectivity index (χ2v) is 6.41. The monoisotopic (exact) mass is 439 g/mol. The Labute approximate surface area is 172 Å². The number of nitrogens with two attached hydrogens (primary N) is 2.